The molecule has 0 aliphatic rings. The highest BCUT2D eigenvalue weighted by Gasteiger charge is 2.13. The second-order valence-corrected chi connectivity index (χ2v) is 4.80. The first kappa shape index (κ1) is 15.2. The van der Waals surface area contributed by atoms with Crippen LogP contribution in [0.1, 0.15) is 35.4 Å². The maximum absolute atomic E-state index is 12.1. The number of anilines is 1. The summed E-state index contributed by atoms with van der Waals surface area (Å²) < 4.78 is 4.92. The summed E-state index contributed by atoms with van der Waals surface area (Å²) in [5.41, 5.74) is 0.349. The lowest BCUT2D eigenvalue weighted by Crippen LogP contribution is -2.23. The number of carbonyl (C=O) groups is 1. The third-order valence-corrected chi connectivity index (χ3v) is 2.93. The average molecular weight is 310 g/mol. The highest BCUT2D eigenvalue weighted by molar-refractivity contribution is 6.33. The highest BCUT2D eigenvalue weighted by Crippen LogP contribution is 2.18. The van der Waals surface area contributed by atoms with Gasteiger partial charge >= 0.3 is 0 Å². The molecule has 0 fully saturated rings. The van der Waals surface area contributed by atoms with Crippen molar-refractivity contribution in [1.82, 2.24) is 20.4 Å². The quantitative estimate of drug-likeness (QED) is 0.849. The minimum Gasteiger partial charge on any atom is -0.370 e. The summed E-state index contributed by atoms with van der Waals surface area (Å²) in [6.07, 6.45) is 2.41. The number of aryl methyl sites for hydroxylation is 1. The van der Waals surface area contributed by atoms with Gasteiger partial charge in [0.15, 0.2) is 5.82 Å². The van der Waals surface area contributed by atoms with E-state index in [4.69, 9.17) is 16.1 Å². The normalized spacial score (nSPS) is 10.4. The molecule has 2 rings (SSSR count). The fourth-order valence-corrected chi connectivity index (χ4v) is 1.81. The van der Waals surface area contributed by atoms with E-state index in [1.54, 1.807) is 13.0 Å². The van der Waals surface area contributed by atoms with Gasteiger partial charge in [-0.25, -0.2) is 4.98 Å². The Labute approximate surface area is 127 Å². The van der Waals surface area contributed by atoms with E-state index in [0.29, 0.717) is 23.1 Å². The van der Waals surface area contributed by atoms with Gasteiger partial charge in [-0.1, -0.05) is 23.7 Å². The van der Waals surface area contributed by atoms with Crippen molar-refractivity contribution in [2.24, 2.45) is 0 Å². The van der Waals surface area contributed by atoms with Crippen molar-refractivity contribution >= 4 is 23.3 Å². The van der Waals surface area contributed by atoms with Gasteiger partial charge in [0.25, 0.3) is 5.91 Å². The molecule has 0 aliphatic carbocycles. The van der Waals surface area contributed by atoms with Crippen molar-refractivity contribution in [2.75, 3.05) is 11.9 Å². The molecule has 0 saturated carbocycles. The minimum atomic E-state index is -0.321. The average Bonchev–Trinajstić information content (AvgIpc) is 2.89. The zero-order valence-electron chi connectivity index (χ0n) is 11.8. The first-order valence-corrected chi connectivity index (χ1v) is 6.94. The van der Waals surface area contributed by atoms with Gasteiger partial charge in [-0.2, -0.15) is 4.98 Å². The lowest BCUT2D eigenvalue weighted by molar-refractivity contribution is 0.0946. The molecule has 21 heavy (non-hydrogen) atoms. The summed E-state index contributed by atoms with van der Waals surface area (Å²) in [7, 11) is 0. The molecule has 0 atom stereocenters. The van der Waals surface area contributed by atoms with E-state index in [1.165, 1.54) is 6.20 Å². The monoisotopic (exact) mass is 309 g/mol. The molecule has 1 amide bonds. The van der Waals surface area contributed by atoms with Gasteiger partial charge in [0, 0.05) is 12.7 Å². The van der Waals surface area contributed by atoms with Crippen LogP contribution in [0, 0.1) is 6.92 Å². The largest absolute Gasteiger partial charge is 0.370 e. The highest BCUT2D eigenvalue weighted by atomic mass is 35.5. The van der Waals surface area contributed by atoms with Gasteiger partial charge in [0.1, 0.15) is 5.82 Å². The maximum atomic E-state index is 12.1. The van der Waals surface area contributed by atoms with Crippen molar-refractivity contribution in [3.63, 3.8) is 0 Å². The van der Waals surface area contributed by atoms with Crippen LogP contribution in [0.2, 0.25) is 5.02 Å². The van der Waals surface area contributed by atoms with Crippen molar-refractivity contribution in [3.05, 3.63) is 34.6 Å². The molecule has 0 aromatic carbocycles. The minimum absolute atomic E-state index is 0.149. The van der Waals surface area contributed by atoms with E-state index in [-0.39, 0.29) is 17.5 Å². The predicted molar refractivity (Wildman–Crippen MR) is 78.2 cm³/mol. The number of amides is 1. The molecule has 7 nitrogen and oxygen atoms in total. The molecular weight excluding hydrogens is 294 g/mol. The van der Waals surface area contributed by atoms with Crippen LogP contribution in [0.5, 0.6) is 0 Å². The summed E-state index contributed by atoms with van der Waals surface area (Å²) in [4.78, 5) is 20.3. The number of halogens is 1. The molecule has 2 heterocycles. The molecule has 112 valence electrons. The number of hydrogen-bond acceptors (Lipinski definition) is 6. The molecule has 0 saturated heterocycles. The van der Waals surface area contributed by atoms with E-state index in [9.17, 15) is 4.79 Å². The third kappa shape index (κ3) is 4.16. The van der Waals surface area contributed by atoms with Gasteiger partial charge in [0.2, 0.25) is 5.89 Å². The summed E-state index contributed by atoms with van der Waals surface area (Å²) in [5.74, 6) is 1.15. The first-order valence-electron chi connectivity index (χ1n) is 6.57. The second kappa shape index (κ2) is 7.03. The molecule has 0 spiro atoms. The predicted octanol–water partition coefficient (Wildman–Crippen LogP) is 2.18. The van der Waals surface area contributed by atoms with E-state index in [0.717, 1.165) is 13.0 Å². The fourth-order valence-electron chi connectivity index (χ4n) is 1.63. The Morgan fingerprint density at radius 2 is 2.29 bits per heavy atom. The second-order valence-electron chi connectivity index (χ2n) is 4.39. The van der Waals surface area contributed by atoms with Crippen molar-refractivity contribution < 1.29 is 9.32 Å². The van der Waals surface area contributed by atoms with Crippen molar-refractivity contribution in [3.8, 4) is 0 Å². The van der Waals surface area contributed by atoms with E-state index >= 15 is 0 Å². The first-order chi connectivity index (χ1) is 10.1. The molecule has 0 bridgehead atoms. The number of rotatable bonds is 6. The third-order valence-electron chi connectivity index (χ3n) is 2.63. The maximum Gasteiger partial charge on any atom is 0.253 e. The lowest BCUT2D eigenvalue weighted by Gasteiger charge is -2.08. The molecular formula is C13H16ClN5O2. The Kier molecular flexibility index (Phi) is 5.10. The molecule has 0 aliphatic heterocycles. The number of aromatic nitrogens is 3. The number of carbonyl (C=O) groups excluding carboxylic acids is 1. The van der Waals surface area contributed by atoms with Crippen LogP contribution >= 0.6 is 11.6 Å². The lowest BCUT2D eigenvalue weighted by atomic mass is 10.2. The molecule has 2 aromatic heterocycles. The Bertz CT molecular complexity index is 629. The van der Waals surface area contributed by atoms with E-state index in [2.05, 4.69) is 25.8 Å². The van der Waals surface area contributed by atoms with E-state index < -0.39 is 0 Å². The molecule has 8 heteroatoms. The van der Waals surface area contributed by atoms with Crippen LogP contribution < -0.4 is 10.6 Å². The number of pyridine rings is 1. The van der Waals surface area contributed by atoms with Crippen LogP contribution in [-0.4, -0.2) is 27.6 Å². The van der Waals surface area contributed by atoms with Gasteiger partial charge < -0.3 is 15.2 Å². The number of nitrogens with one attached hydrogen (secondary N) is 2. The summed E-state index contributed by atoms with van der Waals surface area (Å²) in [6.45, 7) is 4.68. The van der Waals surface area contributed by atoms with Crippen LogP contribution in [-0.2, 0) is 6.54 Å². The van der Waals surface area contributed by atoms with Crippen LogP contribution in [0.3, 0.4) is 0 Å². The van der Waals surface area contributed by atoms with E-state index in [1.807, 2.05) is 6.92 Å². The van der Waals surface area contributed by atoms with Gasteiger partial charge in [0.05, 0.1) is 17.1 Å². The zero-order valence-corrected chi connectivity index (χ0v) is 12.6. The molecule has 0 radical (unpaired) electrons. The SMILES string of the molecule is CCCNc1cc(C(=O)NCc2nc(C)no2)c(Cl)cn1. The molecule has 2 N–H and O–H groups in total. The van der Waals surface area contributed by atoms with Crippen molar-refractivity contribution in [2.45, 2.75) is 26.8 Å². The topological polar surface area (TPSA) is 92.9 Å². The summed E-state index contributed by atoms with van der Waals surface area (Å²) in [6, 6.07) is 1.62. The van der Waals surface area contributed by atoms with Crippen molar-refractivity contribution in [1.29, 1.82) is 0 Å². The fraction of sp³-hybridized carbons (Fsp3) is 0.385. The summed E-state index contributed by atoms with van der Waals surface area (Å²) >= 11 is 6.01. The Morgan fingerprint density at radius 3 is 2.95 bits per heavy atom. The Balaban J connectivity index is 2.03. The summed E-state index contributed by atoms with van der Waals surface area (Å²) in [5, 5.41) is 9.72. The standard InChI is InChI=1S/C13H16ClN5O2/c1-3-4-15-11-5-9(10(14)6-16-11)13(20)17-7-12-18-8(2)19-21-12/h5-6H,3-4,7H2,1-2H3,(H,15,16)(H,17,20). The zero-order chi connectivity index (χ0) is 15.2. The molecule has 2 aromatic rings. The Morgan fingerprint density at radius 1 is 1.48 bits per heavy atom. The van der Waals surface area contributed by atoms with Crippen LogP contribution in [0.4, 0.5) is 5.82 Å². The smallest absolute Gasteiger partial charge is 0.253 e. The number of nitrogens with zero attached hydrogens (tertiary/aromatic N) is 3. The van der Waals surface area contributed by atoms with Crippen LogP contribution in [0.25, 0.3) is 0 Å². The van der Waals surface area contributed by atoms with Gasteiger partial charge in [-0.15, -0.1) is 0 Å². The Hall–Kier alpha value is -2.15. The van der Waals surface area contributed by atoms with Gasteiger partial charge in [-0.3, -0.25) is 4.79 Å². The molecule has 0 unspecified atom stereocenters. The number of hydrogen-bond donors (Lipinski definition) is 2. The van der Waals surface area contributed by atoms with Crippen LogP contribution in [0.15, 0.2) is 16.8 Å². The van der Waals surface area contributed by atoms with Gasteiger partial charge in [-0.05, 0) is 19.4 Å².